The number of benzene rings is 1. The topological polar surface area (TPSA) is 40.9 Å². The number of hydrogen-bond acceptors (Lipinski definition) is 4. The predicted molar refractivity (Wildman–Crippen MR) is 96.1 cm³/mol. The molecule has 3 heterocycles. The van der Waals surface area contributed by atoms with Crippen molar-refractivity contribution in [3.63, 3.8) is 0 Å². The number of anilines is 1. The summed E-state index contributed by atoms with van der Waals surface area (Å²) in [6.45, 7) is 4.57. The molecule has 118 valence electrons. The zero-order valence-electron chi connectivity index (χ0n) is 13.2. The zero-order chi connectivity index (χ0) is 15.8. The van der Waals surface area contributed by atoms with E-state index in [1.165, 1.54) is 48.3 Å². The number of nitrogens with zero attached hydrogens (tertiary/aromatic N) is 4. The molecule has 5 heteroatoms. The molecule has 4 rings (SSSR count). The van der Waals surface area contributed by atoms with Crippen LogP contribution in [-0.4, -0.2) is 18.1 Å². The smallest absolute Gasteiger partial charge is 0.174 e. The van der Waals surface area contributed by atoms with E-state index >= 15 is 0 Å². The lowest BCUT2D eigenvalue weighted by molar-refractivity contribution is 0.632. The van der Waals surface area contributed by atoms with Crippen molar-refractivity contribution in [3.8, 4) is 0 Å². The van der Waals surface area contributed by atoms with E-state index in [2.05, 4.69) is 49.0 Å². The lowest BCUT2D eigenvalue weighted by atomic mass is 9.88. The van der Waals surface area contributed by atoms with Crippen molar-refractivity contribution in [2.75, 3.05) is 18.0 Å². The van der Waals surface area contributed by atoms with Crippen LogP contribution in [0.5, 0.6) is 0 Å². The lowest BCUT2D eigenvalue weighted by Gasteiger charge is -2.37. The van der Waals surface area contributed by atoms with Gasteiger partial charge in [-0.3, -0.25) is 0 Å². The van der Waals surface area contributed by atoms with Crippen LogP contribution < -0.4 is 4.90 Å². The van der Waals surface area contributed by atoms with E-state index in [-0.39, 0.29) is 0 Å². The Morgan fingerprint density at radius 3 is 2.74 bits per heavy atom. The molecular weight excluding hydrogens is 352 g/mol. The van der Waals surface area contributed by atoms with Gasteiger partial charge in [-0.25, -0.2) is 4.98 Å². The maximum Gasteiger partial charge on any atom is 0.174 e. The molecule has 4 nitrogen and oxygen atoms in total. The molecule has 0 aliphatic carbocycles. The van der Waals surface area contributed by atoms with Gasteiger partial charge in [0.1, 0.15) is 0 Å². The number of aromatic nitrogens is 1. The van der Waals surface area contributed by atoms with Gasteiger partial charge >= 0.3 is 0 Å². The SMILES string of the molecule is Cc1c(N=Nc2ccc(Br)cn2)cc2c3c1CCCN3CCC2. The van der Waals surface area contributed by atoms with Gasteiger partial charge in [-0.1, -0.05) is 0 Å². The van der Waals surface area contributed by atoms with Crippen molar-refractivity contribution in [1.29, 1.82) is 0 Å². The number of hydrogen-bond donors (Lipinski definition) is 0. The van der Waals surface area contributed by atoms with Crippen LogP contribution in [0.4, 0.5) is 17.2 Å². The van der Waals surface area contributed by atoms with E-state index in [1.807, 2.05) is 12.1 Å². The summed E-state index contributed by atoms with van der Waals surface area (Å²) >= 11 is 3.39. The number of azo groups is 1. The van der Waals surface area contributed by atoms with Crippen LogP contribution in [-0.2, 0) is 12.8 Å². The van der Waals surface area contributed by atoms with E-state index < -0.39 is 0 Å². The first-order chi connectivity index (χ1) is 11.2. The predicted octanol–water partition coefficient (Wildman–Crippen LogP) is 5.27. The fraction of sp³-hybridized carbons (Fsp3) is 0.389. The third-order valence-electron chi connectivity index (χ3n) is 4.75. The molecule has 2 aromatic rings. The summed E-state index contributed by atoms with van der Waals surface area (Å²) in [5.41, 5.74) is 6.67. The monoisotopic (exact) mass is 370 g/mol. The highest BCUT2D eigenvalue weighted by Crippen LogP contribution is 2.41. The Kier molecular flexibility index (Phi) is 3.89. The molecule has 1 aromatic heterocycles. The second-order valence-corrected chi connectivity index (χ2v) is 7.15. The minimum Gasteiger partial charge on any atom is -0.371 e. The van der Waals surface area contributed by atoms with Gasteiger partial charge in [0.15, 0.2) is 5.82 Å². The van der Waals surface area contributed by atoms with E-state index in [0.717, 1.165) is 23.0 Å². The van der Waals surface area contributed by atoms with Crippen LogP contribution in [0, 0.1) is 6.92 Å². The van der Waals surface area contributed by atoms with Gasteiger partial charge in [0.05, 0.1) is 5.69 Å². The van der Waals surface area contributed by atoms with Crippen LogP contribution >= 0.6 is 15.9 Å². The van der Waals surface area contributed by atoms with Gasteiger partial charge in [-0.05, 0) is 83.4 Å². The largest absolute Gasteiger partial charge is 0.371 e. The van der Waals surface area contributed by atoms with Gasteiger partial charge in [-0.15, -0.1) is 10.2 Å². The third-order valence-corrected chi connectivity index (χ3v) is 5.22. The van der Waals surface area contributed by atoms with Crippen molar-refractivity contribution < 1.29 is 0 Å². The standard InChI is InChI=1S/C18H19BrN4/c1-12-15-5-3-9-23-8-2-4-13(18(15)23)10-16(12)21-22-17-7-6-14(19)11-20-17/h6-7,10-11H,2-5,8-9H2,1H3. The molecule has 0 saturated carbocycles. The fourth-order valence-corrected chi connectivity index (χ4v) is 3.87. The van der Waals surface area contributed by atoms with E-state index in [1.54, 1.807) is 6.20 Å². The molecule has 0 amide bonds. The van der Waals surface area contributed by atoms with Gasteiger partial charge < -0.3 is 4.90 Å². The van der Waals surface area contributed by atoms with Gasteiger partial charge in [-0.2, -0.15) is 0 Å². The summed E-state index contributed by atoms with van der Waals surface area (Å²) in [7, 11) is 0. The second kappa shape index (κ2) is 6.04. The Hall–Kier alpha value is -1.75. The molecule has 0 atom stereocenters. The summed E-state index contributed by atoms with van der Waals surface area (Å²) in [5.74, 6) is 0.639. The minimum atomic E-state index is 0.639. The number of pyridine rings is 1. The number of aryl methyl sites for hydroxylation is 1. The molecule has 0 N–H and O–H groups in total. The van der Waals surface area contributed by atoms with Crippen LogP contribution in [0.25, 0.3) is 0 Å². The normalized spacial score (nSPS) is 16.7. The molecule has 1 aromatic carbocycles. The molecule has 0 bridgehead atoms. The Morgan fingerprint density at radius 1 is 1.13 bits per heavy atom. The minimum absolute atomic E-state index is 0.639. The van der Waals surface area contributed by atoms with Crippen LogP contribution in [0.3, 0.4) is 0 Å². The van der Waals surface area contributed by atoms with Crippen molar-refractivity contribution in [1.82, 2.24) is 4.98 Å². The summed E-state index contributed by atoms with van der Waals surface area (Å²) in [6, 6.07) is 6.03. The summed E-state index contributed by atoms with van der Waals surface area (Å²) < 4.78 is 0.950. The molecule has 0 spiro atoms. The van der Waals surface area contributed by atoms with Crippen molar-refractivity contribution in [3.05, 3.63) is 45.6 Å². The Morgan fingerprint density at radius 2 is 1.96 bits per heavy atom. The molecule has 0 fully saturated rings. The first-order valence-corrected chi connectivity index (χ1v) is 8.95. The quantitative estimate of drug-likeness (QED) is 0.675. The number of halogens is 1. The number of rotatable bonds is 2. The summed E-state index contributed by atoms with van der Waals surface area (Å²) in [5, 5.41) is 8.82. The van der Waals surface area contributed by atoms with Crippen molar-refractivity contribution in [2.24, 2.45) is 10.2 Å². The highest BCUT2D eigenvalue weighted by atomic mass is 79.9. The Balaban J connectivity index is 1.73. The molecule has 0 radical (unpaired) electrons. The molecule has 0 saturated heterocycles. The Labute approximate surface area is 144 Å². The van der Waals surface area contributed by atoms with Crippen LogP contribution in [0.2, 0.25) is 0 Å². The van der Waals surface area contributed by atoms with Crippen molar-refractivity contribution >= 4 is 33.1 Å². The summed E-state index contributed by atoms with van der Waals surface area (Å²) in [4.78, 5) is 6.82. The molecule has 2 aliphatic heterocycles. The van der Waals surface area contributed by atoms with Gasteiger partial charge in [0.25, 0.3) is 0 Å². The lowest BCUT2D eigenvalue weighted by Crippen LogP contribution is -2.34. The highest BCUT2D eigenvalue weighted by molar-refractivity contribution is 9.10. The first-order valence-electron chi connectivity index (χ1n) is 8.16. The summed E-state index contributed by atoms with van der Waals surface area (Å²) in [6.07, 6.45) is 6.53. The average molecular weight is 371 g/mol. The highest BCUT2D eigenvalue weighted by Gasteiger charge is 2.26. The van der Waals surface area contributed by atoms with E-state index in [0.29, 0.717) is 5.82 Å². The van der Waals surface area contributed by atoms with Crippen molar-refractivity contribution in [2.45, 2.75) is 32.6 Å². The van der Waals surface area contributed by atoms with E-state index in [4.69, 9.17) is 0 Å². The maximum absolute atomic E-state index is 4.50. The second-order valence-electron chi connectivity index (χ2n) is 6.24. The third kappa shape index (κ3) is 2.78. The van der Waals surface area contributed by atoms with Gasteiger partial charge in [0, 0.05) is 29.4 Å². The Bertz CT molecular complexity index is 766. The molecule has 0 unspecified atom stereocenters. The average Bonchev–Trinajstić information content (AvgIpc) is 2.58. The van der Waals surface area contributed by atoms with Crippen LogP contribution in [0.1, 0.15) is 29.5 Å². The maximum atomic E-state index is 4.50. The fourth-order valence-electron chi connectivity index (χ4n) is 3.64. The zero-order valence-corrected chi connectivity index (χ0v) is 14.8. The molecule has 2 aliphatic rings. The van der Waals surface area contributed by atoms with Gasteiger partial charge in [0.2, 0.25) is 0 Å². The molecule has 23 heavy (non-hydrogen) atoms. The van der Waals surface area contributed by atoms with Crippen LogP contribution in [0.15, 0.2) is 39.1 Å². The van der Waals surface area contributed by atoms with E-state index in [9.17, 15) is 0 Å². The first kappa shape index (κ1) is 14.8. The molecular formula is C18H19BrN4.